The number of halogens is 2. The molecule has 2 nitrogen and oxygen atoms in total. The van der Waals surface area contributed by atoms with Crippen LogP contribution in [0.25, 0.3) is 0 Å². The lowest BCUT2D eigenvalue weighted by Crippen LogP contribution is -2.07. The molecule has 0 N–H and O–H groups in total. The maximum Gasteiger partial charge on any atom is 0.131 e. The second-order valence-electron chi connectivity index (χ2n) is 3.28. The van der Waals surface area contributed by atoms with Crippen molar-refractivity contribution in [1.82, 2.24) is 4.98 Å². The molecule has 2 rings (SSSR count). The minimum absolute atomic E-state index is 0.323. The molecular formula is C9H7Cl2NO. The smallest absolute Gasteiger partial charge is 0.131 e. The number of hydrogen-bond donors (Lipinski definition) is 0. The minimum Gasteiger partial charge on any atom is -0.302 e. The SMILES string of the molecule is O=CC1(c2cc(Cl)nc(Cl)c2)CC1. The van der Waals surface area contributed by atoms with E-state index in [1.165, 1.54) is 0 Å². The van der Waals surface area contributed by atoms with Gasteiger partial charge in [-0.15, -0.1) is 0 Å². The number of pyridine rings is 1. The van der Waals surface area contributed by atoms with E-state index in [1.54, 1.807) is 12.1 Å². The number of hydrogen-bond acceptors (Lipinski definition) is 2. The maximum absolute atomic E-state index is 10.8. The summed E-state index contributed by atoms with van der Waals surface area (Å²) in [6.45, 7) is 0. The van der Waals surface area contributed by atoms with Gasteiger partial charge in [-0.2, -0.15) is 0 Å². The minimum atomic E-state index is -0.323. The molecule has 68 valence electrons. The van der Waals surface area contributed by atoms with Gasteiger partial charge in [0.25, 0.3) is 0 Å². The fourth-order valence-corrected chi connectivity index (χ4v) is 1.82. The van der Waals surface area contributed by atoms with Crippen LogP contribution in [0.3, 0.4) is 0 Å². The zero-order valence-corrected chi connectivity index (χ0v) is 8.27. The molecule has 0 unspecified atom stereocenters. The van der Waals surface area contributed by atoms with Crippen LogP contribution in [-0.2, 0) is 10.2 Å². The molecule has 0 amide bonds. The lowest BCUT2D eigenvalue weighted by molar-refractivity contribution is -0.109. The van der Waals surface area contributed by atoms with E-state index in [9.17, 15) is 4.79 Å². The molecule has 1 aliphatic rings. The van der Waals surface area contributed by atoms with Crippen molar-refractivity contribution in [2.75, 3.05) is 0 Å². The average Bonchev–Trinajstić information content (AvgIpc) is 2.82. The summed E-state index contributed by atoms with van der Waals surface area (Å²) in [7, 11) is 0. The Morgan fingerprint density at radius 1 is 1.31 bits per heavy atom. The van der Waals surface area contributed by atoms with Crippen LogP contribution in [0.1, 0.15) is 18.4 Å². The van der Waals surface area contributed by atoms with Crippen LogP contribution in [-0.4, -0.2) is 11.3 Å². The Hall–Kier alpha value is -0.600. The molecule has 1 aliphatic carbocycles. The van der Waals surface area contributed by atoms with E-state index in [2.05, 4.69) is 4.98 Å². The predicted octanol–water partition coefficient (Wildman–Crippen LogP) is 2.62. The highest BCUT2D eigenvalue weighted by Crippen LogP contribution is 2.46. The number of aldehydes is 1. The Morgan fingerprint density at radius 2 is 1.85 bits per heavy atom. The van der Waals surface area contributed by atoms with E-state index in [-0.39, 0.29) is 5.41 Å². The molecule has 0 saturated heterocycles. The van der Waals surface area contributed by atoms with Crippen molar-refractivity contribution in [3.05, 3.63) is 28.0 Å². The fourth-order valence-electron chi connectivity index (χ4n) is 1.36. The molecule has 1 aromatic heterocycles. The molecule has 0 bridgehead atoms. The van der Waals surface area contributed by atoms with Gasteiger partial charge in [0, 0.05) is 0 Å². The van der Waals surface area contributed by atoms with Gasteiger partial charge in [-0.25, -0.2) is 4.98 Å². The van der Waals surface area contributed by atoms with Gasteiger partial charge in [0.1, 0.15) is 16.6 Å². The molecule has 4 heteroatoms. The van der Waals surface area contributed by atoms with Crippen LogP contribution in [0.4, 0.5) is 0 Å². The summed E-state index contributed by atoms with van der Waals surface area (Å²) < 4.78 is 0. The van der Waals surface area contributed by atoms with Crippen LogP contribution in [0.5, 0.6) is 0 Å². The molecule has 0 aromatic carbocycles. The quantitative estimate of drug-likeness (QED) is 0.561. The predicted molar refractivity (Wildman–Crippen MR) is 51.2 cm³/mol. The highest BCUT2D eigenvalue weighted by molar-refractivity contribution is 6.32. The molecule has 1 heterocycles. The van der Waals surface area contributed by atoms with Crippen LogP contribution in [0.2, 0.25) is 10.3 Å². The summed E-state index contributed by atoms with van der Waals surface area (Å²) in [6.07, 6.45) is 2.73. The second kappa shape index (κ2) is 2.96. The lowest BCUT2D eigenvalue weighted by Gasteiger charge is -2.07. The van der Waals surface area contributed by atoms with Crippen LogP contribution in [0, 0.1) is 0 Å². The van der Waals surface area contributed by atoms with Gasteiger partial charge in [-0.1, -0.05) is 23.2 Å². The highest BCUT2D eigenvalue weighted by atomic mass is 35.5. The number of carbonyl (C=O) groups is 1. The first-order valence-electron chi connectivity index (χ1n) is 3.96. The molecule has 0 aliphatic heterocycles. The number of rotatable bonds is 2. The Balaban J connectivity index is 2.46. The first-order chi connectivity index (χ1) is 6.16. The molecule has 0 atom stereocenters. The molecule has 0 radical (unpaired) electrons. The third-order valence-corrected chi connectivity index (χ3v) is 2.74. The number of carbonyl (C=O) groups excluding carboxylic acids is 1. The standard InChI is InChI=1S/C9H7Cl2NO/c10-7-3-6(4-8(11)12-7)9(5-13)1-2-9/h3-5H,1-2H2. The largest absolute Gasteiger partial charge is 0.302 e. The summed E-state index contributed by atoms with van der Waals surface area (Å²) in [6, 6.07) is 3.41. The Bertz CT molecular complexity index is 340. The van der Waals surface area contributed by atoms with E-state index in [0.29, 0.717) is 10.3 Å². The van der Waals surface area contributed by atoms with E-state index in [1.807, 2.05) is 0 Å². The van der Waals surface area contributed by atoms with E-state index >= 15 is 0 Å². The van der Waals surface area contributed by atoms with Crippen LogP contribution in [0.15, 0.2) is 12.1 Å². The van der Waals surface area contributed by atoms with E-state index < -0.39 is 0 Å². The van der Waals surface area contributed by atoms with Gasteiger partial charge in [0.05, 0.1) is 5.41 Å². The molecular weight excluding hydrogens is 209 g/mol. The van der Waals surface area contributed by atoms with Crippen LogP contribution < -0.4 is 0 Å². The summed E-state index contributed by atoms with van der Waals surface area (Å²) in [5, 5.41) is 0.686. The van der Waals surface area contributed by atoms with Gasteiger partial charge in [0.2, 0.25) is 0 Å². The van der Waals surface area contributed by atoms with Gasteiger partial charge < -0.3 is 4.79 Å². The van der Waals surface area contributed by atoms with Gasteiger partial charge in [-0.3, -0.25) is 0 Å². The van der Waals surface area contributed by atoms with Crippen molar-refractivity contribution < 1.29 is 4.79 Å². The first kappa shape index (κ1) is 8.97. The van der Waals surface area contributed by atoms with Crippen molar-refractivity contribution in [2.45, 2.75) is 18.3 Å². The summed E-state index contributed by atoms with van der Waals surface area (Å²) in [4.78, 5) is 14.6. The second-order valence-corrected chi connectivity index (χ2v) is 4.05. The van der Waals surface area contributed by atoms with Crippen molar-refractivity contribution in [2.24, 2.45) is 0 Å². The summed E-state index contributed by atoms with van der Waals surface area (Å²) in [5.41, 5.74) is 0.559. The lowest BCUT2D eigenvalue weighted by atomic mass is 9.99. The molecule has 13 heavy (non-hydrogen) atoms. The van der Waals surface area contributed by atoms with Crippen molar-refractivity contribution in [3.8, 4) is 0 Å². The topological polar surface area (TPSA) is 30.0 Å². The normalized spacial score (nSPS) is 18.3. The van der Waals surface area contributed by atoms with Gasteiger partial charge in [-0.05, 0) is 30.5 Å². The molecule has 1 saturated carbocycles. The summed E-state index contributed by atoms with van der Waals surface area (Å²) >= 11 is 11.5. The Kier molecular flexibility index (Phi) is 2.05. The fraction of sp³-hybridized carbons (Fsp3) is 0.333. The van der Waals surface area contributed by atoms with Gasteiger partial charge in [0.15, 0.2) is 0 Å². The maximum atomic E-state index is 10.8. The van der Waals surface area contributed by atoms with E-state index in [0.717, 1.165) is 24.7 Å². The average molecular weight is 216 g/mol. The molecule has 1 aromatic rings. The van der Waals surface area contributed by atoms with E-state index in [4.69, 9.17) is 23.2 Å². The van der Waals surface area contributed by atoms with Gasteiger partial charge >= 0.3 is 0 Å². The monoisotopic (exact) mass is 215 g/mol. The number of aromatic nitrogens is 1. The summed E-state index contributed by atoms with van der Waals surface area (Å²) in [5.74, 6) is 0. The third kappa shape index (κ3) is 1.56. The highest BCUT2D eigenvalue weighted by Gasteiger charge is 2.44. The number of nitrogens with zero attached hydrogens (tertiary/aromatic N) is 1. The van der Waals surface area contributed by atoms with Crippen molar-refractivity contribution in [1.29, 1.82) is 0 Å². The Morgan fingerprint density at radius 3 is 2.23 bits per heavy atom. The third-order valence-electron chi connectivity index (χ3n) is 2.35. The zero-order chi connectivity index (χ0) is 9.47. The van der Waals surface area contributed by atoms with Crippen molar-refractivity contribution >= 4 is 29.5 Å². The Labute approximate surface area is 85.9 Å². The molecule has 0 spiro atoms. The first-order valence-corrected chi connectivity index (χ1v) is 4.72. The van der Waals surface area contributed by atoms with Crippen LogP contribution >= 0.6 is 23.2 Å². The molecule has 1 fully saturated rings. The van der Waals surface area contributed by atoms with Crippen molar-refractivity contribution in [3.63, 3.8) is 0 Å². The zero-order valence-electron chi connectivity index (χ0n) is 6.76.